The van der Waals surface area contributed by atoms with Crippen LogP contribution in [0.5, 0.6) is 0 Å². The number of primary sulfonamides is 1. The molecule has 6 nitrogen and oxygen atoms in total. The van der Waals surface area contributed by atoms with Crippen LogP contribution in [0.3, 0.4) is 0 Å². The van der Waals surface area contributed by atoms with Gasteiger partial charge < -0.3 is 10.2 Å². The van der Waals surface area contributed by atoms with Gasteiger partial charge in [-0.1, -0.05) is 6.07 Å². The van der Waals surface area contributed by atoms with Crippen LogP contribution in [0, 0.1) is 17.1 Å². The van der Waals surface area contributed by atoms with Crippen LogP contribution in [0.4, 0.5) is 4.39 Å². The number of nitriles is 1. The standard InChI is InChI=1S/C10H11FN2O4S/c11-8-5-6(18(13,16)17)1-2-7(8)10(15)9(14)3-4-12/h1-2,5,9-10,14-15H,3H2,(H2,13,16,17). The molecule has 0 heterocycles. The van der Waals surface area contributed by atoms with Crippen LogP contribution < -0.4 is 5.14 Å². The molecule has 0 saturated carbocycles. The Bertz CT molecular complexity index is 582. The van der Waals surface area contributed by atoms with Crippen molar-refractivity contribution in [3.63, 3.8) is 0 Å². The van der Waals surface area contributed by atoms with Gasteiger partial charge in [0.2, 0.25) is 10.0 Å². The van der Waals surface area contributed by atoms with Gasteiger partial charge in [-0.25, -0.2) is 17.9 Å². The molecule has 8 heteroatoms. The molecular formula is C10H11FN2O4S. The largest absolute Gasteiger partial charge is 0.389 e. The number of nitrogens with two attached hydrogens (primary N) is 1. The van der Waals surface area contributed by atoms with E-state index >= 15 is 0 Å². The highest BCUT2D eigenvalue weighted by atomic mass is 32.2. The molecule has 1 rings (SSSR count). The third-order valence-corrected chi connectivity index (χ3v) is 3.19. The third kappa shape index (κ3) is 3.24. The zero-order valence-electron chi connectivity index (χ0n) is 9.12. The Morgan fingerprint density at radius 2 is 2.06 bits per heavy atom. The first-order valence-corrected chi connectivity index (χ1v) is 6.37. The molecule has 0 saturated heterocycles. The van der Waals surface area contributed by atoms with Gasteiger partial charge in [0.15, 0.2) is 0 Å². The first kappa shape index (κ1) is 14.5. The van der Waals surface area contributed by atoms with E-state index < -0.39 is 32.9 Å². The quantitative estimate of drug-likeness (QED) is 0.700. The molecule has 2 unspecified atom stereocenters. The van der Waals surface area contributed by atoms with Gasteiger partial charge in [0.05, 0.1) is 23.5 Å². The molecule has 1 aromatic rings. The second-order valence-electron chi connectivity index (χ2n) is 3.60. The SMILES string of the molecule is N#CCC(O)C(O)c1ccc(S(N)(=O)=O)cc1F. The average molecular weight is 274 g/mol. The van der Waals surface area contributed by atoms with Crippen molar-refractivity contribution in [2.24, 2.45) is 5.14 Å². The average Bonchev–Trinajstić information content (AvgIpc) is 2.27. The fourth-order valence-corrected chi connectivity index (χ4v) is 1.86. The number of aliphatic hydroxyl groups excluding tert-OH is 2. The predicted molar refractivity (Wildman–Crippen MR) is 59.0 cm³/mol. The highest BCUT2D eigenvalue weighted by molar-refractivity contribution is 7.89. The van der Waals surface area contributed by atoms with Gasteiger partial charge in [-0.2, -0.15) is 5.26 Å². The zero-order valence-corrected chi connectivity index (χ0v) is 9.93. The maximum absolute atomic E-state index is 13.6. The lowest BCUT2D eigenvalue weighted by atomic mass is 10.0. The highest BCUT2D eigenvalue weighted by Crippen LogP contribution is 2.23. The Labute approximate surface area is 103 Å². The molecule has 2 atom stereocenters. The number of halogens is 1. The fraction of sp³-hybridized carbons (Fsp3) is 0.300. The van der Waals surface area contributed by atoms with Crippen molar-refractivity contribution in [2.45, 2.75) is 23.5 Å². The summed E-state index contributed by atoms with van der Waals surface area (Å²) in [7, 11) is -4.03. The molecule has 18 heavy (non-hydrogen) atoms. The molecule has 4 N–H and O–H groups in total. The lowest BCUT2D eigenvalue weighted by Gasteiger charge is -2.16. The molecule has 0 bridgehead atoms. The molecule has 0 radical (unpaired) electrons. The van der Waals surface area contributed by atoms with E-state index in [0.717, 1.165) is 12.1 Å². The van der Waals surface area contributed by atoms with Crippen LogP contribution in [0.25, 0.3) is 0 Å². The van der Waals surface area contributed by atoms with E-state index in [-0.39, 0.29) is 12.0 Å². The summed E-state index contributed by atoms with van der Waals surface area (Å²) in [5.74, 6) is -1.02. The molecule has 0 fully saturated rings. The van der Waals surface area contributed by atoms with E-state index in [1.54, 1.807) is 6.07 Å². The smallest absolute Gasteiger partial charge is 0.238 e. The number of benzene rings is 1. The first-order chi connectivity index (χ1) is 8.27. The Morgan fingerprint density at radius 1 is 1.44 bits per heavy atom. The molecule has 0 aromatic heterocycles. The van der Waals surface area contributed by atoms with Crippen molar-refractivity contribution in [3.05, 3.63) is 29.6 Å². The lowest BCUT2D eigenvalue weighted by molar-refractivity contribution is 0.0194. The van der Waals surface area contributed by atoms with Gasteiger partial charge in [-0.15, -0.1) is 0 Å². The van der Waals surface area contributed by atoms with Gasteiger partial charge in [0.1, 0.15) is 11.9 Å². The van der Waals surface area contributed by atoms with Crippen molar-refractivity contribution in [3.8, 4) is 6.07 Å². The first-order valence-electron chi connectivity index (χ1n) is 4.82. The van der Waals surface area contributed by atoms with Crippen molar-refractivity contribution in [1.82, 2.24) is 0 Å². The minimum absolute atomic E-state index is 0.301. The molecule has 0 aliphatic heterocycles. The summed E-state index contributed by atoms with van der Waals surface area (Å²) in [6, 6.07) is 4.28. The number of hydrogen-bond acceptors (Lipinski definition) is 5. The van der Waals surface area contributed by atoms with Gasteiger partial charge in [-0.05, 0) is 12.1 Å². The Morgan fingerprint density at radius 3 is 2.50 bits per heavy atom. The van der Waals surface area contributed by atoms with Crippen LogP contribution in [0.15, 0.2) is 23.1 Å². The van der Waals surface area contributed by atoms with E-state index in [4.69, 9.17) is 10.4 Å². The Hall–Kier alpha value is -1.53. The van der Waals surface area contributed by atoms with E-state index in [1.807, 2.05) is 0 Å². The molecule has 0 aliphatic carbocycles. The zero-order chi connectivity index (χ0) is 13.9. The highest BCUT2D eigenvalue weighted by Gasteiger charge is 2.22. The van der Waals surface area contributed by atoms with Crippen LogP contribution >= 0.6 is 0 Å². The van der Waals surface area contributed by atoms with Crippen LogP contribution in [0.2, 0.25) is 0 Å². The summed E-state index contributed by atoms with van der Waals surface area (Å²) in [5.41, 5.74) is -0.301. The lowest BCUT2D eigenvalue weighted by Crippen LogP contribution is -2.19. The second kappa shape index (κ2) is 5.41. The van der Waals surface area contributed by atoms with Crippen molar-refractivity contribution in [1.29, 1.82) is 5.26 Å². The molecular weight excluding hydrogens is 263 g/mol. The molecule has 0 spiro atoms. The minimum atomic E-state index is -4.03. The van der Waals surface area contributed by atoms with Gasteiger partial charge in [0, 0.05) is 5.56 Å². The van der Waals surface area contributed by atoms with Crippen LogP contribution in [-0.4, -0.2) is 24.7 Å². The van der Waals surface area contributed by atoms with Crippen LogP contribution in [0.1, 0.15) is 18.1 Å². The third-order valence-electron chi connectivity index (χ3n) is 2.28. The van der Waals surface area contributed by atoms with Crippen molar-refractivity contribution >= 4 is 10.0 Å². The summed E-state index contributed by atoms with van der Waals surface area (Å²) in [6.07, 6.45) is -3.44. The van der Waals surface area contributed by atoms with Gasteiger partial charge in [-0.3, -0.25) is 0 Å². The normalized spacial score (nSPS) is 14.8. The van der Waals surface area contributed by atoms with E-state index in [9.17, 15) is 23.0 Å². The number of rotatable bonds is 4. The second-order valence-corrected chi connectivity index (χ2v) is 5.16. The molecule has 0 amide bonds. The summed E-state index contributed by atoms with van der Waals surface area (Å²) in [5, 5.41) is 32.1. The van der Waals surface area contributed by atoms with Crippen LogP contribution in [-0.2, 0) is 10.0 Å². The predicted octanol–water partition coefficient (Wildman–Crippen LogP) is -0.219. The van der Waals surface area contributed by atoms with Gasteiger partial charge in [0.25, 0.3) is 0 Å². The molecule has 1 aromatic carbocycles. The Balaban J connectivity index is 3.11. The topological polar surface area (TPSA) is 124 Å². The van der Waals surface area contributed by atoms with Gasteiger partial charge >= 0.3 is 0 Å². The summed E-state index contributed by atoms with van der Waals surface area (Å²) in [6.45, 7) is 0. The number of nitrogens with zero attached hydrogens (tertiary/aromatic N) is 1. The van der Waals surface area contributed by atoms with E-state index in [0.29, 0.717) is 6.07 Å². The summed E-state index contributed by atoms with van der Waals surface area (Å²) < 4.78 is 35.5. The van der Waals surface area contributed by atoms with Crippen molar-refractivity contribution in [2.75, 3.05) is 0 Å². The molecule has 98 valence electrons. The Kier molecular flexibility index (Phi) is 4.37. The maximum atomic E-state index is 13.6. The van der Waals surface area contributed by atoms with Crippen molar-refractivity contribution < 1.29 is 23.0 Å². The minimum Gasteiger partial charge on any atom is -0.389 e. The van der Waals surface area contributed by atoms with E-state index in [2.05, 4.69) is 0 Å². The summed E-state index contributed by atoms with van der Waals surface area (Å²) in [4.78, 5) is -0.439. The monoisotopic (exact) mass is 274 g/mol. The summed E-state index contributed by atoms with van der Waals surface area (Å²) >= 11 is 0. The maximum Gasteiger partial charge on any atom is 0.238 e. The fourth-order valence-electron chi connectivity index (χ4n) is 1.34. The molecule has 0 aliphatic rings. The number of sulfonamides is 1. The number of aliphatic hydroxyl groups is 2. The van der Waals surface area contributed by atoms with E-state index in [1.165, 1.54) is 0 Å². The number of hydrogen-bond donors (Lipinski definition) is 3.